The zero-order chi connectivity index (χ0) is 18.5. The van der Waals surface area contributed by atoms with E-state index in [1.165, 1.54) is 22.2 Å². The SMILES string of the molecule is O=C(Cn1cnc2ccsc2c1=O)N1CC2CC(C1)c1cccc(=O)n1C2. The van der Waals surface area contributed by atoms with E-state index in [2.05, 4.69) is 4.98 Å². The molecule has 0 spiro atoms. The molecule has 2 aliphatic rings. The maximum Gasteiger partial charge on any atom is 0.271 e. The van der Waals surface area contributed by atoms with Crippen LogP contribution in [-0.2, 0) is 17.9 Å². The Labute approximate surface area is 158 Å². The number of rotatable bonds is 2. The van der Waals surface area contributed by atoms with Gasteiger partial charge in [-0.3, -0.25) is 19.0 Å². The summed E-state index contributed by atoms with van der Waals surface area (Å²) in [5.74, 6) is 0.371. The van der Waals surface area contributed by atoms with Gasteiger partial charge in [-0.2, -0.15) is 0 Å². The lowest BCUT2D eigenvalue weighted by Crippen LogP contribution is -2.50. The first kappa shape index (κ1) is 16.4. The molecule has 3 aromatic rings. The Bertz CT molecular complexity index is 1160. The van der Waals surface area contributed by atoms with Gasteiger partial charge in [0.1, 0.15) is 11.2 Å². The first-order valence-corrected chi connectivity index (χ1v) is 9.88. The van der Waals surface area contributed by atoms with Crippen LogP contribution in [0.1, 0.15) is 18.0 Å². The smallest absolute Gasteiger partial charge is 0.271 e. The number of fused-ring (bicyclic) bond motifs is 5. The minimum atomic E-state index is -0.169. The van der Waals surface area contributed by atoms with Gasteiger partial charge in [-0.1, -0.05) is 6.07 Å². The fraction of sp³-hybridized carbons (Fsp3) is 0.368. The number of hydrogen-bond donors (Lipinski definition) is 0. The van der Waals surface area contributed by atoms with Crippen molar-refractivity contribution in [1.82, 2.24) is 19.0 Å². The van der Waals surface area contributed by atoms with Gasteiger partial charge in [-0.05, 0) is 29.9 Å². The second kappa shape index (κ2) is 6.16. The van der Waals surface area contributed by atoms with E-state index in [4.69, 9.17) is 0 Å². The van der Waals surface area contributed by atoms with Gasteiger partial charge < -0.3 is 9.47 Å². The van der Waals surface area contributed by atoms with Crippen LogP contribution >= 0.6 is 11.3 Å². The lowest BCUT2D eigenvalue weighted by molar-refractivity contribution is -0.134. The topological polar surface area (TPSA) is 77.2 Å². The van der Waals surface area contributed by atoms with E-state index in [0.717, 1.165) is 12.1 Å². The van der Waals surface area contributed by atoms with Gasteiger partial charge in [0.25, 0.3) is 11.1 Å². The lowest BCUT2D eigenvalue weighted by atomic mass is 9.83. The predicted octanol–water partition coefficient (Wildman–Crippen LogP) is 1.27. The lowest BCUT2D eigenvalue weighted by Gasteiger charge is -2.42. The number of aromatic nitrogens is 3. The summed E-state index contributed by atoms with van der Waals surface area (Å²) in [7, 11) is 0. The average molecular weight is 382 g/mol. The molecular formula is C19H18N4O3S. The van der Waals surface area contributed by atoms with Crippen molar-refractivity contribution in [1.29, 1.82) is 0 Å². The summed E-state index contributed by atoms with van der Waals surface area (Å²) in [6.45, 7) is 1.86. The molecule has 1 fully saturated rings. The second-order valence-electron chi connectivity index (χ2n) is 7.31. The highest BCUT2D eigenvalue weighted by Crippen LogP contribution is 2.34. The molecule has 2 bridgehead atoms. The van der Waals surface area contributed by atoms with Gasteiger partial charge in [0, 0.05) is 37.3 Å². The van der Waals surface area contributed by atoms with Gasteiger partial charge in [0.2, 0.25) is 5.91 Å². The third-order valence-electron chi connectivity index (χ3n) is 5.57. The number of piperidine rings is 1. The van der Waals surface area contributed by atoms with Crippen molar-refractivity contribution in [3.05, 3.63) is 62.4 Å². The molecule has 0 radical (unpaired) electrons. The van der Waals surface area contributed by atoms with Crippen LogP contribution in [0.5, 0.6) is 0 Å². The van der Waals surface area contributed by atoms with Crippen LogP contribution in [-0.4, -0.2) is 38.0 Å². The number of pyridine rings is 1. The van der Waals surface area contributed by atoms with Crippen LogP contribution in [0.15, 0.2) is 45.6 Å². The molecule has 2 aliphatic heterocycles. The zero-order valence-corrected chi connectivity index (χ0v) is 15.4. The van der Waals surface area contributed by atoms with Crippen molar-refractivity contribution in [2.45, 2.75) is 25.4 Å². The maximum absolute atomic E-state index is 12.9. The predicted molar refractivity (Wildman–Crippen MR) is 102 cm³/mol. The molecular weight excluding hydrogens is 364 g/mol. The Morgan fingerprint density at radius 1 is 1.19 bits per heavy atom. The molecule has 5 heterocycles. The number of hydrogen-bond acceptors (Lipinski definition) is 5. The monoisotopic (exact) mass is 382 g/mol. The van der Waals surface area contributed by atoms with Crippen molar-refractivity contribution in [2.75, 3.05) is 13.1 Å². The fourth-order valence-electron chi connectivity index (χ4n) is 4.34. The number of amides is 1. The van der Waals surface area contributed by atoms with Crippen LogP contribution in [0.3, 0.4) is 0 Å². The molecule has 1 amide bonds. The molecule has 2 atom stereocenters. The zero-order valence-electron chi connectivity index (χ0n) is 14.6. The van der Waals surface area contributed by atoms with Gasteiger partial charge >= 0.3 is 0 Å². The molecule has 0 N–H and O–H groups in total. The third-order valence-corrected chi connectivity index (χ3v) is 6.47. The van der Waals surface area contributed by atoms with Crippen LogP contribution in [0, 0.1) is 5.92 Å². The molecule has 3 aromatic heterocycles. The van der Waals surface area contributed by atoms with E-state index in [0.29, 0.717) is 29.9 Å². The maximum atomic E-state index is 12.9. The average Bonchev–Trinajstić information content (AvgIpc) is 3.14. The van der Waals surface area contributed by atoms with E-state index in [1.54, 1.807) is 18.2 Å². The molecule has 7 nitrogen and oxygen atoms in total. The molecule has 8 heteroatoms. The fourth-order valence-corrected chi connectivity index (χ4v) is 5.13. The quantitative estimate of drug-likeness (QED) is 0.669. The minimum Gasteiger partial charge on any atom is -0.340 e. The summed E-state index contributed by atoms with van der Waals surface area (Å²) in [4.78, 5) is 43.6. The van der Waals surface area contributed by atoms with Gasteiger partial charge in [-0.25, -0.2) is 4.98 Å². The van der Waals surface area contributed by atoms with Crippen molar-refractivity contribution in [3.63, 3.8) is 0 Å². The van der Waals surface area contributed by atoms with Gasteiger partial charge in [0.05, 0.1) is 11.8 Å². The summed E-state index contributed by atoms with van der Waals surface area (Å²) in [5, 5.41) is 1.83. The molecule has 0 saturated carbocycles. The van der Waals surface area contributed by atoms with E-state index in [9.17, 15) is 14.4 Å². The highest BCUT2D eigenvalue weighted by molar-refractivity contribution is 7.17. The molecule has 138 valence electrons. The van der Waals surface area contributed by atoms with Crippen LogP contribution in [0.25, 0.3) is 10.2 Å². The molecule has 27 heavy (non-hydrogen) atoms. The van der Waals surface area contributed by atoms with E-state index >= 15 is 0 Å². The normalized spacial score (nSPS) is 21.3. The number of carbonyl (C=O) groups excluding carboxylic acids is 1. The first-order chi connectivity index (χ1) is 13.1. The van der Waals surface area contributed by atoms with E-state index in [1.807, 2.05) is 20.9 Å². The summed E-state index contributed by atoms with van der Waals surface area (Å²) in [6, 6.07) is 7.17. The highest BCUT2D eigenvalue weighted by atomic mass is 32.1. The summed E-state index contributed by atoms with van der Waals surface area (Å²) in [5.41, 5.74) is 1.54. The molecule has 2 unspecified atom stereocenters. The minimum absolute atomic E-state index is 0.000703. The number of carbonyl (C=O) groups is 1. The third kappa shape index (κ3) is 2.71. The molecule has 5 rings (SSSR count). The Kier molecular flexibility index (Phi) is 3.75. The summed E-state index contributed by atoms with van der Waals surface area (Å²) >= 11 is 1.34. The van der Waals surface area contributed by atoms with Gasteiger partial charge in [0.15, 0.2) is 0 Å². The van der Waals surface area contributed by atoms with Crippen molar-refractivity contribution < 1.29 is 4.79 Å². The second-order valence-corrected chi connectivity index (χ2v) is 8.23. The van der Waals surface area contributed by atoms with Crippen LogP contribution < -0.4 is 11.1 Å². The van der Waals surface area contributed by atoms with Crippen molar-refractivity contribution >= 4 is 27.5 Å². The van der Waals surface area contributed by atoms with E-state index in [-0.39, 0.29) is 35.4 Å². The highest BCUT2D eigenvalue weighted by Gasteiger charge is 2.36. The Morgan fingerprint density at radius 2 is 2.07 bits per heavy atom. The van der Waals surface area contributed by atoms with Crippen molar-refractivity contribution in [3.8, 4) is 0 Å². The standard InChI is InChI=1S/C19H18N4O3S/c24-16-3-1-2-15-13-6-12(8-23(15)16)7-21(9-13)17(25)10-22-11-20-14-4-5-27-18(14)19(22)26/h1-5,11-13H,6-10H2. The molecule has 0 aromatic carbocycles. The Balaban J connectivity index is 1.39. The molecule has 1 saturated heterocycles. The number of thiophene rings is 1. The Morgan fingerprint density at radius 3 is 2.96 bits per heavy atom. The molecule has 0 aliphatic carbocycles. The number of nitrogens with zero attached hydrogens (tertiary/aromatic N) is 4. The van der Waals surface area contributed by atoms with Crippen LogP contribution in [0.2, 0.25) is 0 Å². The largest absolute Gasteiger partial charge is 0.340 e. The Hall–Kier alpha value is -2.74. The summed E-state index contributed by atoms with van der Waals surface area (Å²) < 4.78 is 3.82. The number of likely N-dealkylation sites (tertiary alicyclic amines) is 1. The van der Waals surface area contributed by atoms with Crippen LogP contribution in [0.4, 0.5) is 0 Å². The van der Waals surface area contributed by atoms with E-state index < -0.39 is 0 Å². The first-order valence-electron chi connectivity index (χ1n) is 9.00. The van der Waals surface area contributed by atoms with Crippen molar-refractivity contribution in [2.24, 2.45) is 5.92 Å². The van der Waals surface area contributed by atoms with Gasteiger partial charge in [-0.15, -0.1) is 11.3 Å². The summed E-state index contributed by atoms with van der Waals surface area (Å²) in [6.07, 6.45) is 2.45.